The highest BCUT2D eigenvalue weighted by Crippen LogP contribution is 2.42. The van der Waals surface area contributed by atoms with E-state index in [2.05, 4.69) is 31.9 Å². The summed E-state index contributed by atoms with van der Waals surface area (Å²) in [5.74, 6) is 3.11. The summed E-state index contributed by atoms with van der Waals surface area (Å²) in [4.78, 5) is 11.4. The molecule has 1 unspecified atom stereocenters. The van der Waals surface area contributed by atoms with Gasteiger partial charge in [-0.05, 0) is 69.1 Å². The Labute approximate surface area is 128 Å². The average molecular weight is 380 g/mol. The van der Waals surface area contributed by atoms with Crippen LogP contribution in [0.2, 0.25) is 0 Å². The third-order valence-electron chi connectivity index (χ3n) is 5.15. The molecule has 0 heterocycles. The molecule has 0 amide bonds. The molecule has 0 radical (unpaired) electrons. The molecular weight excluding hydrogens is 356 g/mol. The lowest BCUT2D eigenvalue weighted by atomic mass is 9.69. The largest absolute Gasteiger partial charge is 0.303 e. The Bertz CT molecular complexity index is 253. The molecule has 2 aliphatic carbocycles. The Balaban J connectivity index is 1.75. The molecule has 2 saturated carbocycles. The molecule has 3 heteroatoms. The summed E-state index contributed by atoms with van der Waals surface area (Å²) in [7, 11) is 0. The van der Waals surface area contributed by atoms with Crippen molar-refractivity contribution in [2.75, 3.05) is 5.33 Å². The minimum Gasteiger partial charge on any atom is -0.303 e. The molecule has 18 heavy (non-hydrogen) atoms. The first-order valence-electron chi connectivity index (χ1n) is 7.40. The molecule has 1 nitrogen and oxygen atoms in total. The van der Waals surface area contributed by atoms with E-state index in [1.807, 2.05) is 0 Å². The van der Waals surface area contributed by atoms with Gasteiger partial charge in [-0.15, -0.1) is 0 Å². The van der Waals surface area contributed by atoms with E-state index in [4.69, 9.17) is 0 Å². The molecule has 104 valence electrons. The van der Waals surface area contributed by atoms with Crippen molar-refractivity contribution in [2.24, 2.45) is 23.7 Å². The zero-order valence-electron chi connectivity index (χ0n) is 11.0. The minimum absolute atomic E-state index is 0.373. The van der Waals surface area contributed by atoms with Crippen molar-refractivity contribution in [1.82, 2.24) is 0 Å². The van der Waals surface area contributed by atoms with Crippen molar-refractivity contribution < 1.29 is 4.79 Å². The van der Waals surface area contributed by atoms with Gasteiger partial charge >= 0.3 is 0 Å². The Hall–Kier alpha value is 0.630. The molecule has 1 atom stereocenters. The predicted octanol–water partition coefficient (Wildman–Crippen LogP) is 4.96. The lowest BCUT2D eigenvalue weighted by Crippen LogP contribution is -2.29. The number of rotatable bonds is 4. The third kappa shape index (κ3) is 3.82. The fourth-order valence-corrected chi connectivity index (χ4v) is 4.91. The molecule has 0 spiro atoms. The second-order valence-electron chi connectivity index (χ2n) is 6.16. The second-order valence-corrected chi connectivity index (χ2v) is 7.98. The fourth-order valence-electron chi connectivity index (χ4n) is 3.86. The van der Waals surface area contributed by atoms with Gasteiger partial charge in [-0.25, -0.2) is 0 Å². The van der Waals surface area contributed by atoms with Gasteiger partial charge in [0, 0.05) is 16.1 Å². The minimum atomic E-state index is 0.373. The van der Waals surface area contributed by atoms with Crippen LogP contribution in [0.1, 0.15) is 51.4 Å². The summed E-state index contributed by atoms with van der Waals surface area (Å²) in [6.45, 7) is 0. The van der Waals surface area contributed by atoms with Crippen molar-refractivity contribution in [3.8, 4) is 0 Å². The Kier molecular flexibility index (Phi) is 6.20. The van der Waals surface area contributed by atoms with Crippen LogP contribution in [-0.4, -0.2) is 16.4 Å². The van der Waals surface area contributed by atoms with Gasteiger partial charge in [-0.3, -0.25) is 0 Å². The predicted molar refractivity (Wildman–Crippen MR) is 83.5 cm³/mol. The fraction of sp³-hybridized carbons (Fsp3) is 0.933. The standard InChI is InChI=1S/C15H24Br2O/c16-9-15(17)14-7-5-13(6-8-14)12-3-1-11(10-18)2-4-12/h10-15H,1-9H2. The van der Waals surface area contributed by atoms with Gasteiger partial charge in [0.1, 0.15) is 6.29 Å². The van der Waals surface area contributed by atoms with E-state index in [0.29, 0.717) is 10.7 Å². The van der Waals surface area contributed by atoms with Crippen molar-refractivity contribution in [1.29, 1.82) is 0 Å². The van der Waals surface area contributed by atoms with E-state index in [9.17, 15) is 4.79 Å². The molecule has 0 N–H and O–H groups in total. The zero-order valence-corrected chi connectivity index (χ0v) is 14.2. The Morgan fingerprint density at radius 2 is 1.44 bits per heavy atom. The topological polar surface area (TPSA) is 17.1 Å². The molecule has 0 saturated heterocycles. The lowest BCUT2D eigenvalue weighted by molar-refractivity contribution is -0.112. The summed E-state index contributed by atoms with van der Waals surface area (Å²) in [5, 5.41) is 1.08. The van der Waals surface area contributed by atoms with E-state index >= 15 is 0 Å². The normalized spacial score (nSPS) is 39.2. The van der Waals surface area contributed by atoms with Crippen molar-refractivity contribution >= 4 is 38.1 Å². The summed E-state index contributed by atoms with van der Waals surface area (Å²) >= 11 is 7.36. The molecule has 2 aliphatic rings. The van der Waals surface area contributed by atoms with Crippen LogP contribution < -0.4 is 0 Å². The highest BCUT2D eigenvalue weighted by Gasteiger charge is 2.32. The monoisotopic (exact) mass is 378 g/mol. The Morgan fingerprint density at radius 1 is 0.944 bits per heavy atom. The van der Waals surface area contributed by atoms with E-state index in [0.717, 1.165) is 35.9 Å². The number of alkyl halides is 2. The summed E-state index contributed by atoms with van der Waals surface area (Å²) in [6, 6.07) is 0. The lowest BCUT2D eigenvalue weighted by Gasteiger charge is -2.38. The van der Waals surface area contributed by atoms with E-state index in [1.165, 1.54) is 44.8 Å². The van der Waals surface area contributed by atoms with Gasteiger partial charge < -0.3 is 4.79 Å². The number of carbonyl (C=O) groups excluding carboxylic acids is 1. The first-order valence-corrected chi connectivity index (χ1v) is 9.43. The van der Waals surface area contributed by atoms with Crippen molar-refractivity contribution in [3.63, 3.8) is 0 Å². The molecule has 2 fully saturated rings. The molecular formula is C15H24Br2O. The van der Waals surface area contributed by atoms with Gasteiger partial charge in [0.25, 0.3) is 0 Å². The molecule has 0 aromatic heterocycles. The number of hydrogen-bond acceptors (Lipinski definition) is 1. The number of carbonyl (C=O) groups is 1. The molecule has 2 rings (SSSR count). The summed E-state index contributed by atoms with van der Waals surface area (Å²) in [6.07, 6.45) is 11.7. The molecule has 0 aliphatic heterocycles. The maximum absolute atomic E-state index is 10.8. The van der Waals surface area contributed by atoms with Crippen LogP contribution in [0.3, 0.4) is 0 Å². The molecule has 0 bridgehead atoms. The van der Waals surface area contributed by atoms with Crippen LogP contribution in [0.5, 0.6) is 0 Å². The third-order valence-corrected chi connectivity index (χ3v) is 7.79. The second kappa shape index (κ2) is 7.42. The first kappa shape index (κ1) is 15.0. The summed E-state index contributed by atoms with van der Waals surface area (Å²) < 4.78 is 0. The van der Waals surface area contributed by atoms with Crippen LogP contribution >= 0.6 is 31.9 Å². The van der Waals surface area contributed by atoms with Gasteiger partial charge in [0.15, 0.2) is 0 Å². The van der Waals surface area contributed by atoms with Crippen molar-refractivity contribution in [3.05, 3.63) is 0 Å². The summed E-state index contributed by atoms with van der Waals surface area (Å²) in [5.41, 5.74) is 0. The van der Waals surface area contributed by atoms with Crippen LogP contribution in [-0.2, 0) is 4.79 Å². The Morgan fingerprint density at radius 3 is 1.89 bits per heavy atom. The van der Waals surface area contributed by atoms with E-state index < -0.39 is 0 Å². The smallest absolute Gasteiger partial charge is 0.123 e. The van der Waals surface area contributed by atoms with Crippen LogP contribution in [0.15, 0.2) is 0 Å². The van der Waals surface area contributed by atoms with Gasteiger partial charge in [0.2, 0.25) is 0 Å². The highest BCUT2D eigenvalue weighted by molar-refractivity contribution is 9.12. The van der Waals surface area contributed by atoms with Gasteiger partial charge in [0.05, 0.1) is 0 Å². The van der Waals surface area contributed by atoms with Crippen LogP contribution in [0.4, 0.5) is 0 Å². The maximum Gasteiger partial charge on any atom is 0.123 e. The maximum atomic E-state index is 10.8. The number of halogens is 2. The van der Waals surface area contributed by atoms with E-state index in [1.54, 1.807) is 0 Å². The van der Waals surface area contributed by atoms with Gasteiger partial charge in [-0.2, -0.15) is 0 Å². The van der Waals surface area contributed by atoms with Gasteiger partial charge in [-0.1, -0.05) is 31.9 Å². The van der Waals surface area contributed by atoms with Crippen LogP contribution in [0.25, 0.3) is 0 Å². The number of aldehydes is 1. The molecule has 0 aromatic rings. The highest BCUT2D eigenvalue weighted by atomic mass is 79.9. The van der Waals surface area contributed by atoms with Crippen LogP contribution in [0, 0.1) is 23.7 Å². The molecule has 0 aromatic carbocycles. The SMILES string of the molecule is O=CC1CCC(C2CCC(C(Br)CBr)CC2)CC1. The quantitative estimate of drug-likeness (QED) is 0.498. The van der Waals surface area contributed by atoms with E-state index in [-0.39, 0.29) is 0 Å². The first-order chi connectivity index (χ1) is 8.74. The zero-order chi connectivity index (χ0) is 13.0. The number of hydrogen-bond donors (Lipinski definition) is 0. The van der Waals surface area contributed by atoms with Crippen molar-refractivity contribution in [2.45, 2.75) is 56.2 Å². The average Bonchev–Trinajstić information content (AvgIpc) is 2.47.